The summed E-state index contributed by atoms with van der Waals surface area (Å²) in [6.07, 6.45) is 0.916. The number of imidazole rings is 1. The fourth-order valence-corrected chi connectivity index (χ4v) is 3.79. The Balaban J connectivity index is 1.96. The van der Waals surface area contributed by atoms with E-state index in [0.29, 0.717) is 6.04 Å². The smallest absolute Gasteiger partial charge is 0.111 e. The number of hydrogen-bond donors (Lipinski definition) is 1. The molecule has 0 saturated heterocycles. The highest BCUT2D eigenvalue weighted by Crippen LogP contribution is 2.26. The fourth-order valence-electron chi connectivity index (χ4n) is 2.80. The molecule has 0 radical (unpaired) electrons. The summed E-state index contributed by atoms with van der Waals surface area (Å²) in [5.41, 5.74) is 2.32. The maximum Gasteiger partial charge on any atom is 0.111 e. The highest BCUT2D eigenvalue weighted by atomic mass is 32.1. The molecule has 3 nitrogen and oxygen atoms in total. The lowest BCUT2D eigenvalue weighted by Gasteiger charge is -2.15. The molecule has 2 heterocycles. The average molecular weight is 299 g/mol. The van der Waals surface area contributed by atoms with E-state index >= 15 is 0 Å². The van der Waals surface area contributed by atoms with Crippen molar-refractivity contribution in [1.82, 2.24) is 14.9 Å². The lowest BCUT2D eigenvalue weighted by atomic mass is 10.1. The number of hydrogen-bond acceptors (Lipinski definition) is 3. The molecule has 0 bridgehead atoms. The van der Waals surface area contributed by atoms with Gasteiger partial charge in [0, 0.05) is 28.8 Å². The number of nitrogens with one attached hydrogen (secondary N) is 1. The Morgan fingerprint density at radius 2 is 2.05 bits per heavy atom. The van der Waals surface area contributed by atoms with Crippen LogP contribution in [0.2, 0.25) is 0 Å². The van der Waals surface area contributed by atoms with E-state index in [1.807, 2.05) is 18.4 Å². The minimum atomic E-state index is 0.325. The molecule has 3 rings (SSSR count). The first kappa shape index (κ1) is 14.3. The predicted molar refractivity (Wildman–Crippen MR) is 90.0 cm³/mol. The predicted octanol–water partition coefficient (Wildman–Crippen LogP) is 3.93. The van der Waals surface area contributed by atoms with E-state index in [2.05, 4.69) is 60.1 Å². The molecule has 21 heavy (non-hydrogen) atoms. The van der Waals surface area contributed by atoms with Crippen molar-refractivity contribution >= 4 is 22.4 Å². The van der Waals surface area contributed by atoms with Gasteiger partial charge in [0.2, 0.25) is 0 Å². The summed E-state index contributed by atoms with van der Waals surface area (Å²) in [4.78, 5) is 7.57. The van der Waals surface area contributed by atoms with Gasteiger partial charge in [0.05, 0.1) is 11.0 Å². The molecule has 0 aliphatic carbocycles. The quantitative estimate of drug-likeness (QED) is 0.773. The Hall–Kier alpha value is -1.65. The van der Waals surface area contributed by atoms with Crippen molar-refractivity contribution in [3.05, 3.63) is 52.0 Å². The normalized spacial score (nSPS) is 12.9. The van der Waals surface area contributed by atoms with Crippen LogP contribution in [-0.2, 0) is 13.0 Å². The van der Waals surface area contributed by atoms with E-state index in [-0.39, 0.29) is 0 Å². The zero-order chi connectivity index (χ0) is 14.8. The second-order valence-corrected chi connectivity index (χ2v) is 6.57. The summed E-state index contributed by atoms with van der Waals surface area (Å²) in [6, 6.07) is 13.1. The van der Waals surface area contributed by atoms with E-state index < -0.39 is 0 Å². The van der Waals surface area contributed by atoms with E-state index in [4.69, 9.17) is 4.98 Å². The zero-order valence-corrected chi connectivity index (χ0v) is 13.6. The van der Waals surface area contributed by atoms with E-state index in [0.717, 1.165) is 24.3 Å². The molecular formula is C17H21N3S. The van der Waals surface area contributed by atoms with Crippen molar-refractivity contribution in [3.8, 4) is 0 Å². The molecule has 110 valence electrons. The molecule has 0 saturated carbocycles. The van der Waals surface area contributed by atoms with Gasteiger partial charge in [0.1, 0.15) is 5.82 Å². The topological polar surface area (TPSA) is 29.9 Å². The SMILES string of the molecule is CCn1c(CC(NC)c2ccc(C)s2)nc2ccccc21. The third-order valence-corrected chi connectivity index (χ3v) is 5.00. The van der Waals surface area contributed by atoms with Crippen LogP contribution in [0.1, 0.15) is 28.5 Å². The maximum atomic E-state index is 4.83. The molecule has 1 atom stereocenters. The molecule has 3 aromatic rings. The molecule has 2 aromatic heterocycles. The van der Waals surface area contributed by atoms with Crippen molar-refractivity contribution in [3.63, 3.8) is 0 Å². The summed E-state index contributed by atoms with van der Waals surface area (Å²) >= 11 is 1.86. The fraction of sp³-hybridized carbons (Fsp3) is 0.353. The molecule has 4 heteroatoms. The van der Waals surface area contributed by atoms with Gasteiger partial charge in [-0.2, -0.15) is 0 Å². The van der Waals surface area contributed by atoms with Crippen LogP contribution in [-0.4, -0.2) is 16.6 Å². The number of fused-ring (bicyclic) bond motifs is 1. The number of nitrogens with zero attached hydrogens (tertiary/aromatic N) is 2. The summed E-state index contributed by atoms with van der Waals surface area (Å²) < 4.78 is 2.32. The molecule has 1 N–H and O–H groups in total. The summed E-state index contributed by atoms with van der Waals surface area (Å²) in [5, 5.41) is 3.43. The number of thiophene rings is 1. The number of aryl methyl sites for hydroxylation is 2. The molecule has 0 fully saturated rings. The van der Waals surface area contributed by atoms with E-state index in [1.54, 1.807) is 0 Å². The second kappa shape index (κ2) is 6.00. The summed E-state index contributed by atoms with van der Waals surface area (Å²) in [5.74, 6) is 1.16. The molecule has 1 aromatic carbocycles. The van der Waals surface area contributed by atoms with Gasteiger partial charge in [0.25, 0.3) is 0 Å². The van der Waals surface area contributed by atoms with Crippen LogP contribution in [0.4, 0.5) is 0 Å². The lowest BCUT2D eigenvalue weighted by molar-refractivity contribution is 0.564. The Morgan fingerprint density at radius 3 is 2.71 bits per heavy atom. The first-order valence-corrected chi connectivity index (χ1v) is 8.22. The first-order chi connectivity index (χ1) is 10.2. The average Bonchev–Trinajstić information content (AvgIpc) is 3.07. The minimum Gasteiger partial charge on any atom is -0.328 e. The van der Waals surface area contributed by atoms with Crippen molar-refractivity contribution in [2.45, 2.75) is 32.9 Å². The van der Waals surface area contributed by atoms with Crippen molar-refractivity contribution < 1.29 is 0 Å². The van der Waals surface area contributed by atoms with Crippen molar-refractivity contribution in [2.24, 2.45) is 0 Å². The zero-order valence-electron chi connectivity index (χ0n) is 12.8. The van der Waals surface area contributed by atoms with Crippen LogP contribution in [0, 0.1) is 6.92 Å². The number of rotatable bonds is 5. The molecule has 0 spiro atoms. The van der Waals surface area contributed by atoms with Gasteiger partial charge >= 0.3 is 0 Å². The monoisotopic (exact) mass is 299 g/mol. The third kappa shape index (κ3) is 2.74. The second-order valence-electron chi connectivity index (χ2n) is 5.25. The number of aromatic nitrogens is 2. The van der Waals surface area contributed by atoms with Gasteiger partial charge in [-0.25, -0.2) is 4.98 Å². The number of benzene rings is 1. The lowest BCUT2D eigenvalue weighted by Crippen LogP contribution is -2.19. The van der Waals surface area contributed by atoms with Gasteiger partial charge in [0.15, 0.2) is 0 Å². The molecule has 1 unspecified atom stereocenters. The number of likely N-dealkylation sites (N-methyl/N-ethyl adjacent to an activating group) is 1. The first-order valence-electron chi connectivity index (χ1n) is 7.40. The highest BCUT2D eigenvalue weighted by Gasteiger charge is 2.17. The molecular weight excluding hydrogens is 278 g/mol. The molecule has 0 aliphatic rings. The molecule has 0 aliphatic heterocycles. The maximum absolute atomic E-state index is 4.83. The minimum absolute atomic E-state index is 0.325. The van der Waals surface area contributed by atoms with Crippen LogP contribution < -0.4 is 5.32 Å². The van der Waals surface area contributed by atoms with Crippen LogP contribution in [0.5, 0.6) is 0 Å². The summed E-state index contributed by atoms with van der Waals surface area (Å²) in [7, 11) is 2.03. The van der Waals surface area contributed by atoms with Crippen LogP contribution in [0.3, 0.4) is 0 Å². The van der Waals surface area contributed by atoms with Crippen molar-refractivity contribution in [1.29, 1.82) is 0 Å². The van der Waals surface area contributed by atoms with Gasteiger partial charge in [-0.05, 0) is 45.2 Å². The van der Waals surface area contributed by atoms with Crippen LogP contribution in [0.15, 0.2) is 36.4 Å². The molecule has 0 amide bonds. The largest absolute Gasteiger partial charge is 0.328 e. The Morgan fingerprint density at radius 1 is 1.24 bits per heavy atom. The number of para-hydroxylation sites is 2. The van der Waals surface area contributed by atoms with Crippen molar-refractivity contribution in [2.75, 3.05) is 7.05 Å². The van der Waals surface area contributed by atoms with Crippen LogP contribution in [0.25, 0.3) is 11.0 Å². The van der Waals surface area contributed by atoms with E-state index in [1.165, 1.54) is 15.3 Å². The van der Waals surface area contributed by atoms with Crippen LogP contribution >= 0.6 is 11.3 Å². The highest BCUT2D eigenvalue weighted by molar-refractivity contribution is 7.12. The van der Waals surface area contributed by atoms with Gasteiger partial charge < -0.3 is 9.88 Å². The summed E-state index contributed by atoms with van der Waals surface area (Å²) in [6.45, 7) is 5.29. The van der Waals surface area contributed by atoms with Gasteiger partial charge in [-0.1, -0.05) is 12.1 Å². The standard InChI is InChI=1S/C17H21N3S/c1-4-20-15-8-6-5-7-13(15)19-17(20)11-14(18-3)16-10-9-12(2)21-16/h5-10,14,18H,4,11H2,1-3H3. The van der Waals surface area contributed by atoms with Gasteiger partial charge in [-0.15, -0.1) is 11.3 Å². The van der Waals surface area contributed by atoms with E-state index in [9.17, 15) is 0 Å². The Labute approximate surface area is 129 Å². The Kier molecular flexibility index (Phi) is 4.08. The van der Waals surface area contributed by atoms with Gasteiger partial charge in [-0.3, -0.25) is 0 Å². The third-order valence-electron chi connectivity index (χ3n) is 3.89. The Bertz CT molecular complexity index is 741.